The van der Waals surface area contributed by atoms with E-state index in [1.165, 1.54) is 0 Å². The maximum atomic E-state index is 11.2. The number of likely N-dealkylation sites (N-methyl/N-ethyl adjacent to an activating group) is 1. The minimum Gasteiger partial charge on any atom is -0.384 e. The minimum atomic E-state index is -0.287. The SMILES string of the molecule is CNC(=O)C(C)Nc1ccc(N)nc1. The van der Waals surface area contributed by atoms with Gasteiger partial charge in [-0.15, -0.1) is 0 Å². The first-order chi connectivity index (χ1) is 6.63. The number of pyridine rings is 1. The van der Waals surface area contributed by atoms with Crippen molar-refractivity contribution in [1.29, 1.82) is 0 Å². The third-order valence-corrected chi connectivity index (χ3v) is 1.81. The van der Waals surface area contributed by atoms with E-state index >= 15 is 0 Å². The second kappa shape index (κ2) is 4.45. The molecule has 0 aliphatic heterocycles. The Morgan fingerprint density at radius 3 is 2.79 bits per heavy atom. The smallest absolute Gasteiger partial charge is 0.241 e. The van der Waals surface area contributed by atoms with Crippen LogP contribution in [0, 0.1) is 0 Å². The molecule has 76 valence electrons. The lowest BCUT2D eigenvalue weighted by atomic mass is 10.3. The van der Waals surface area contributed by atoms with E-state index in [2.05, 4.69) is 15.6 Å². The van der Waals surface area contributed by atoms with E-state index in [0.717, 1.165) is 5.69 Å². The maximum Gasteiger partial charge on any atom is 0.241 e. The van der Waals surface area contributed by atoms with Gasteiger partial charge in [0.15, 0.2) is 0 Å². The van der Waals surface area contributed by atoms with Gasteiger partial charge in [0.2, 0.25) is 5.91 Å². The molecule has 1 unspecified atom stereocenters. The molecule has 0 radical (unpaired) electrons. The first kappa shape index (κ1) is 10.3. The summed E-state index contributed by atoms with van der Waals surface area (Å²) in [6.45, 7) is 1.77. The van der Waals surface area contributed by atoms with E-state index in [-0.39, 0.29) is 11.9 Å². The van der Waals surface area contributed by atoms with Crippen LogP contribution in [0.5, 0.6) is 0 Å². The number of amides is 1. The topological polar surface area (TPSA) is 80.0 Å². The Hall–Kier alpha value is -1.78. The molecule has 14 heavy (non-hydrogen) atoms. The Kier molecular flexibility index (Phi) is 3.28. The van der Waals surface area contributed by atoms with E-state index in [4.69, 9.17) is 5.73 Å². The average molecular weight is 194 g/mol. The summed E-state index contributed by atoms with van der Waals surface area (Å²) in [6, 6.07) is 3.17. The van der Waals surface area contributed by atoms with Gasteiger partial charge in [-0.25, -0.2) is 4.98 Å². The van der Waals surface area contributed by atoms with E-state index < -0.39 is 0 Å². The molecule has 5 nitrogen and oxygen atoms in total. The molecule has 0 fully saturated rings. The van der Waals surface area contributed by atoms with Crippen molar-refractivity contribution in [2.24, 2.45) is 0 Å². The molecule has 0 saturated heterocycles. The van der Waals surface area contributed by atoms with Crippen molar-refractivity contribution >= 4 is 17.4 Å². The number of nitrogens with one attached hydrogen (secondary N) is 2. The molecule has 1 heterocycles. The number of hydrogen-bond donors (Lipinski definition) is 3. The standard InChI is InChI=1S/C9H14N4O/c1-6(9(14)11-2)13-7-3-4-8(10)12-5-7/h3-6,13H,1-2H3,(H2,10,12)(H,11,14). The second-order valence-electron chi connectivity index (χ2n) is 2.95. The fraction of sp³-hybridized carbons (Fsp3) is 0.333. The van der Waals surface area contributed by atoms with Gasteiger partial charge in [-0.3, -0.25) is 4.79 Å². The summed E-state index contributed by atoms with van der Waals surface area (Å²) in [5.41, 5.74) is 6.20. The predicted octanol–water partition coefficient (Wildman–Crippen LogP) is 0.210. The van der Waals surface area contributed by atoms with Crippen molar-refractivity contribution < 1.29 is 4.79 Å². The first-order valence-electron chi connectivity index (χ1n) is 4.33. The Labute approximate surface area is 82.7 Å². The molecule has 0 aliphatic carbocycles. The number of carbonyl (C=O) groups excluding carboxylic acids is 1. The quantitative estimate of drug-likeness (QED) is 0.642. The molecule has 5 heteroatoms. The molecule has 0 spiro atoms. The monoisotopic (exact) mass is 194 g/mol. The number of nitrogens with zero attached hydrogens (tertiary/aromatic N) is 1. The highest BCUT2D eigenvalue weighted by atomic mass is 16.2. The Morgan fingerprint density at radius 1 is 1.57 bits per heavy atom. The van der Waals surface area contributed by atoms with Crippen molar-refractivity contribution in [1.82, 2.24) is 10.3 Å². The highest BCUT2D eigenvalue weighted by Gasteiger charge is 2.09. The van der Waals surface area contributed by atoms with Gasteiger partial charge in [-0.1, -0.05) is 0 Å². The molecule has 1 rings (SSSR count). The van der Waals surface area contributed by atoms with Crippen molar-refractivity contribution in [3.63, 3.8) is 0 Å². The predicted molar refractivity (Wildman–Crippen MR) is 55.8 cm³/mol. The van der Waals surface area contributed by atoms with Crippen LogP contribution in [0.15, 0.2) is 18.3 Å². The minimum absolute atomic E-state index is 0.0678. The fourth-order valence-electron chi connectivity index (χ4n) is 1.02. The number of nitrogen functional groups attached to an aromatic ring is 1. The van der Waals surface area contributed by atoms with Gasteiger partial charge in [-0.05, 0) is 19.1 Å². The molecule has 0 aliphatic rings. The Balaban J connectivity index is 2.60. The van der Waals surface area contributed by atoms with Gasteiger partial charge >= 0.3 is 0 Å². The molecule has 0 saturated carbocycles. The number of nitrogens with two attached hydrogens (primary N) is 1. The Morgan fingerprint density at radius 2 is 2.29 bits per heavy atom. The van der Waals surface area contributed by atoms with E-state index in [1.807, 2.05) is 0 Å². The lowest BCUT2D eigenvalue weighted by molar-refractivity contribution is -0.121. The third-order valence-electron chi connectivity index (χ3n) is 1.81. The summed E-state index contributed by atoms with van der Waals surface area (Å²) >= 11 is 0. The van der Waals surface area contributed by atoms with Crippen LogP contribution in [0.4, 0.5) is 11.5 Å². The average Bonchev–Trinajstić information content (AvgIpc) is 2.20. The van der Waals surface area contributed by atoms with Gasteiger partial charge in [0.1, 0.15) is 11.9 Å². The molecular weight excluding hydrogens is 180 g/mol. The Bertz CT molecular complexity index is 309. The van der Waals surface area contributed by atoms with Gasteiger partial charge in [0.25, 0.3) is 0 Å². The summed E-state index contributed by atoms with van der Waals surface area (Å²) in [7, 11) is 1.60. The van der Waals surface area contributed by atoms with Crippen LogP contribution in [0.2, 0.25) is 0 Å². The maximum absolute atomic E-state index is 11.2. The number of rotatable bonds is 3. The van der Waals surface area contributed by atoms with Gasteiger partial charge in [0, 0.05) is 7.05 Å². The highest BCUT2D eigenvalue weighted by Crippen LogP contribution is 2.08. The molecule has 0 aromatic carbocycles. The zero-order valence-corrected chi connectivity index (χ0v) is 8.24. The lowest BCUT2D eigenvalue weighted by Gasteiger charge is -2.12. The zero-order chi connectivity index (χ0) is 10.6. The van der Waals surface area contributed by atoms with Gasteiger partial charge in [-0.2, -0.15) is 0 Å². The summed E-state index contributed by atoms with van der Waals surface area (Å²) in [5, 5.41) is 5.54. The van der Waals surface area contributed by atoms with Crippen LogP contribution >= 0.6 is 0 Å². The third kappa shape index (κ3) is 2.62. The number of aromatic nitrogens is 1. The van der Waals surface area contributed by atoms with E-state index in [0.29, 0.717) is 5.82 Å². The lowest BCUT2D eigenvalue weighted by Crippen LogP contribution is -2.35. The van der Waals surface area contributed by atoms with Crippen LogP contribution in [-0.4, -0.2) is 24.0 Å². The zero-order valence-electron chi connectivity index (χ0n) is 8.24. The van der Waals surface area contributed by atoms with Crippen LogP contribution in [0.25, 0.3) is 0 Å². The van der Waals surface area contributed by atoms with Crippen LogP contribution in [0.3, 0.4) is 0 Å². The normalized spacial score (nSPS) is 11.9. The number of hydrogen-bond acceptors (Lipinski definition) is 4. The molecule has 1 amide bonds. The first-order valence-corrected chi connectivity index (χ1v) is 4.33. The van der Waals surface area contributed by atoms with Gasteiger partial charge in [0.05, 0.1) is 11.9 Å². The largest absolute Gasteiger partial charge is 0.384 e. The van der Waals surface area contributed by atoms with Gasteiger partial charge < -0.3 is 16.4 Å². The van der Waals surface area contributed by atoms with Crippen molar-refractivity contribution in [3.05, 3.63) is 18.3 Å². The van der Waals surface area contributed by atoms with Crippen molar-refractivity contribution in [3.8, 4) is 0 Å². The summed E-state index contributed by atoms with van der Waals surface area (Å²) in [5.74, 6) is 0.393. The van der Waals surface area contributed by atoms with E-state index in [9.17, 15) is 4.79 Å². The van der Waals surface area contributed by atoms with Crippen LogP contribution in [0.1, 0.15) is 6.92 Å². The highest BCUT2D eigenvalue weighted by molar-refractivity contribution is 5.83. The van der Waals surface area contributed by atoms with E-state index in [1.54, 1.807) is 32.3 Å². The molecular formula is C9H14N4O. The summed E-state index contributed by atoms with van der Waals surface area (Å²) < 4.78 is 0. The second-order valence-corrected chi connectivity index (χ2v) is 2.95. The molecule has 4 N–H and O–H groups in total. The number of anilines is 2. The summed E-state index contributed by atoms with van der Waals surface area (Å²) in [4.78, 5) is 15.1. The van der Waals surface area contributed by atoms with Crippen molar-refractivity contribution in [2.45, 2.75) is 13.0 Å². The summed E-state index contributed by atoms with van der Waals surface area (Å²) in [6.07, 6.45) is 1.59. The van der Waals surface area contributed by atoms with Crippen LogP contribution < -0.4 is 16.4 Å². The number of carbonyl (C=O) groups is 1. The fourth-order valence-corrected chi connectivity index (χ4v) is 1.02. The molecule has 0 bridgehead atoms. The molecule has 1 aromatic heterocycles. The van der Waals surface area contributed by atoms with Crippen LogP contribution in [-0.2, 0) is 4.79 Å². The molecule has 1 aromatic rings. The molecule has 1 atom stereocenters. The van der Waals surface area contributed by atoms with Crippen molar-refractivity contribution in [2.75, 3.05) is 18.1 Å².